The van der Waals surface area contributed by atoms with E-state index < -0.39 is 0 Å². The standard InChI is InChI=1S/C10H9NO3/c1-6-11-8(5-14-6)7-2-3-9(12)10(13)4-7/h2-5,12-13H,1H3. The molecule has 2 rings (SSSR count). The van der Waals surface area contributed by atoms with Gasteiger partial charge in [0.2, 0.25) is 0 Å². The molecule has 0 aliphatic carbocycles. The van der Waals surface area contributed by atoms with Crippen molar-refractivity contribution in [2.24, 2.45) is 0 Å². The van der Waals surface area contributed by atoms with Crippen LogP contribution in [0.4, 0.5) is 0 Å². The lowest BCUT2D eigenvalue weighted by atomic mass is 10.1. The van der Waals surface area contributed by atoms with E-state index in [9.17, 15) is 5.11 Å². The summed E-state index contributed by atoms with van der Waals surface area (Å²) in [7, 11) is 0. The first-order chi connectivity index (χ1) is 6.66. The van der Waals surface area contributed by atoms with Gasteiger partial charge in [0.15, 0.2) is 17.4 Å². The Bertz CT molecular complexity index is 462. The van der Waals surface area contributed by atoms with Gasteiger partial charge in [-0.1, -0.05) is 0 Å². The summed E-state index contributed by atoms with van der Waals surface area (Å²) in [4.78, 5) is 4.09. The molecule has 2 N–H and O–H groups in total. The van der Waals surface area contributed by atoms with Gasteiger partial charge in [0.25, 0.3) is 0 Å². The van der Waals surface area contributed by atoms with Crippen LogP contribution in [0.25, 0.3) is 11.3 Å². The first-order valence-electron chi connectivity index (χ1n) is 4.11. The quantitative estimate of drug-likeness (QED) is 0.677. The first-order valence-corrected chi connectivity index (χ1v) is 4.11. The molecule has 1 aromatic heterocycles. The molecule has 0 radical (unpaired) electrons. The van der Waals surface area contributed by atoms with Crippen LogP contribution < -0.4 is 0 Å². The molecule has 0 spiro atoms. The Morgan fingerprint density at radius 1 is 1.21 bits per heavy atom. The summed E-state index contributed by atoms with van der Waals surface area (Å²) in [5, 5.41) is 18.4. The molecule has 0 saturated carbocycles. The van der Waals surface area contributed by atoms with Crippen LogP contribution in [-0.2, 0) is 0 Å². The molecule has 0 aliphatic heterocycles. The minimum absolute atomic E-state index is 0.144. The van der Waals surface area contributed by atoms with Crippen LogP contribution in [0.5, 0.6) is 11.5 Å². The zero-order valence-corrected chi connectivity index (χ0v) is 7.56. The molecular weight excluding hydrogens is 182 g/mol. The number of phenols is 2. The molecule has 0 bridgehead atoms. The fourth-order valence-corrected chi connectivity index (χ4v) is 1.18. The van der Waals surface area contributed by atoms with Crippen molar-refractivity contribution in [3.8, 4) is 22.8 Å². The molecule has 0 unspecified atom stereocenters. The summed E-state index contributed by atoms with van der Waals surface area (Å²) in [6, 6.07) is 4.51. The highest BCUT2D eigenvalue weighted by Gasteiger charge is 2.06. The molecule has 14 heavy (non-hydrogen) atoms. The zero-order valence-electron chi connectivity index (χ0n) is 7.56. The molecule has 0 saturated heterocycles. The van der Waals surface area contributed by atoms with Crippen molar-refractivity contribution >= 4 is 0 Å². The van der Waals surface area contributed by atoms with E-state index in [-0.39, 0.29) is 11.5 Å². The fraction of sp³-hybridized carbons (Fsp3) is 0.100. The molecule has 1 aromatic carbocycles. The second kappa shape index (κ2) is 3.06. The van der Waals surface area contributed by atoms with Gasteiger partial charge in [0.05, 0.1) is 0 Å². The average Bonchev–Trinajstić information content (AvgIpc) is 2.57. The van der Waals surface area contributed by atoms with E-state index in [1.165, 1.54) is 18.4 Å². The van der Waals surface area contributed by atoms with E-state index in [2.05, 4.69) is 4.98 Å². The topological polar surface area (TPSA) is 66.5 Å². The number of oxazole rings is 1. The van der Waals surface area contributed by atoms with Gasteiger partial charge < -0.3 is 14.6 Å². The number of benzene rings is 1. The lowest BCUT2D eigenvalue weighted by molar-refractivity contribution is 0.404. The Balaban J connectivity index is 2.47. The van der Waals surface area contributed by atoms with E-state index in [4.69, 9.17) is 9.52 Å². The van der Waals surface area contributed by atoms with Crippen LogP contribution >= 0.6 is 0 Å². The van der Waals surface area contributed by atoms with Crippen LogP contribution in [0.1, 0.15) is 5.89 Å². The van der Waals surface area contributed by atoms with Crippen LogP contribution in [0.2, 0.25) is 0 Å². The van der Waals surface area contributed by atoms with Gasteiger partial charge in [-0.15, -0.1) is 0 Å². The predicted molar refractivity (Wildman–Crippen MR) is 50.0 cm³/mol. The first kappa shape index (κ1) is 8.62. The largest absolute Gasteiger partial charge is 0.504 e. The Morgan fingerprint density at radius 3 is 2.57 bits per heavy atom. The second-order valence-corrected chi connectivity index (χ2v) is 2.96. The van der Waals surface area contributed by atoms with E-state index in [0.29, 0.717) is 17.1 Å². The number of hydrogen-bond donors (Lipinski definition) is 2. The second-order valence-electron chi connectivity index (χ2n) is 2.96. The van der Waals surface area contributed by atoms with Crippen LogP contribution in [0.15, 0.2) is 28.9 Å². The number of nitrogens with zero attached hydrogens (tertiary/aromatic N) is 1. The lowest BCUT2D eigenvalue weighted by Crippen LogP contribution is -1.78. The third-order valence-electron chi connectivity index (χ3n) is 1.89. The third kappa shape index (κ3) is 1.42. The number of phenolic OH excluding ortho intramolecular Hbond substituents is 2. The molecule has 0 fully saturated rings. The molecule has 4 nitrogen and oxygen atoms in total. The van der Waals surface area contributed by atoms with Crippen molar-refractivity contribution in [1.82, 2.24) is 4.98 Å². The number of aryl methyl sites for hydroxylation is 1. The molecule has 0 atom stereocenters. The summed E-state index contributed by atoms with van der Waals surface area (Å²) >= 11 is 0. The normalized spacial score (nSPS) is 10.4. The third-order valence-corrected chi connectivity index (χ3v) is 1.89. The lowest BCUT2D eigenvalue weighted by Gasteiger charge is -1.99. The van der Waals surface area contributed by atoms with Crippen molar-refractivity contribution in [1.29, 1.82) is 0 Å². The summed E-state index contributed by atoms with van der Waals surface area (Å²) in [6.45, 7) is 1.74. The number of aromatic nitrogens is 1. The Labute approximate surface area is 80.5 Å². The van der Waals surface area contributed by atoms with Gasteiger partial charge in [-0.3, -0.25) is 0 Å². The Hall–Kier alpha value is -1.97. The van der Waals surface area contributed by atoms with Crippen LogP contribution in [-0.4, -0.2) is 15.2 Å². The number of aromatic hydroxyl groups is 2. The zero-order chi connectivity index (χ0) is 10.1. The summed E-state index contributed by atoms with van der Waals surface area (Å²) < 4.78 is 5.03. The highest BCUT2D eigenvalue weighted by molar-refractivity contribution is 5.62. The number of rotatable bonds is 1. The van der Waals surface area contributed by atoms with Crippen molar-refractivity contribution in [3.05, 3.63) is 30.4 Å². The van der Waals surface area contributed by atoms with Gasteiger partial charge in [0, 0.05) is 12.5 Å². The molecule has 1 heterocycles. The Morgan fingerprint density at radius 2 is 2.00 bits per heavy atom. The van der Waals surface area contributed by atoms with Crippen molar-refractivity contribution in [3.63, 3.8) is 0 Å². The highest BCUT2D eigenvalue weighted by atomic mass is 16.3. The van der Waals surface area contributed by atoms with Gasteiger partial charge in [-0.2, -0.15) is 0 Å². The monoisotopic (exact) mass is 191 g/mol. The fourth-order valence-electron chi connectivity index (χ4n) is 1.18. The molecule has 72 valence electrons. The maximum Gasteiger partial charge on any atom is 0.191 e. The van der Waals surface area contributed by atoms with E-state index in [0.717, 1.165) is 0 Å². The van der Waals surface area contributed by atoms with Crippen molar-refractivity contribution in [2.75, 3.05) is 0 Å². The molecule has 4 heteroatoms. The average molecular weight is 191 g/mol. The maximum atomic E-state index is 9.26. The minimum Gasteiger partial charge on any atom is -0.504 e. The van der Waals surface area contributed by atoms with E-state index in [1.54, 1.807) is 13.0 Å². The maximum absolute atomic E-state index is 9.26. The van der Waals surface area contributed by atoms with Crippen LogP contribution in [0.3, 0.4) is 0 Å². The molecular formula is C10H9NO3. The van der Waals surface area contributed by atoms with Crippen molar-refractivity contribution < 1.29 is 14.6 Å². The summed E-state index contributed by atoms with van der Waals surface area (Å²) in [6.07, 6.45) is 1.50. The molecule has 2 aromatic rings. The van der Waals surface area contributed by atoms with E-state index in [1.807, 2.05) is 0 Å². The molecule has 0 amide bonds. The summed E-state index contributed by atoms with van der Waals surface area (Å²) in [5.74, 6) is 0.254. The van der Waals surface area contributed by atoms with Gasteiger partial charge in [-0.25, -0.2) is 4.98 Å². The van der Waals surface area contributed by atoms with Gasteiger partial charge in [-0.05, 0) is 18.2 Å². The molecule has 0 aliphatic rings. The van der Waals surface area contributed by atoms with Crippen LogP contribution in [0, 0.1) is 6.92 Å². The number of hydrogen-bond acceptors (Lipinski definition) is 4. The Kier molecular flexibility index (Phi) is 1.89. The van der Waals surface area contributed by atoms with Crippen molar-refractivity contribution in [2.45, 2.75) is 6.92 Å². The smallest absolute Gasteiger partial charge is 0.191 e. The summed E-state index contributed by atoms with van der Waals surface area (Å²) in [5.41, 5.74) is 1.34. The van der Waals surface area contributed by atoms with Gasteiger partial charge in [0.1, 0.15) is 12.0 Å². The highest BCUT2D eigenvalue weighted by Crippen LogP contribution is 2.29. The van der Waals surface area contributed by atoms with Gasteiger partial charge >= 0.3 is 0 Å². The van der Waals surface area contributed by atoms with E-state index >= 15 is 0 Å². The minimum atomic E-state index is -0.164. The predicted octanol–water partition coefficient (Wildman–Crippen LogP) is 2.06. The SMILES string of the molecule is Cc1nc(-c2ccc(O)c(O)c2)co1.